The van der Waals surface area contributed by atoms with Crippen LogP contribution in [0.1, 0.15) is 43.4 Å². The average Bonchev–Trinajstić information content (AvgIpc) is 3.60. The minimum Gasteiger partial charge on any atom is -0.399 e. The van der Waals surface area contributed by atoms with Crippen molar-refractivity contribution in [3.8, 4) is 11.4 Å². The predicted octanol–water partition coefficient (Wildman–Crippen LogP) is 3.62. The first-order valence-corrected chi connectivity index (χ1v) is 13.2. The second-order valence-electron chi connectivity index (χ2n) is 9.39. The predicted molar refractivity (Wildman–Crippen MR) is 131 cm³/mol. The van der Waals surface area contributed by atoms with Crippen LogP contribution in [0, 0.1) is 13.8 Å². The molecule has 0 amide bonds. The molecule has 2 aliphatic rings. The van der Waals surface area contributed by atoms with E-state index in [1.165, 1.54) is 13.8 Å². The SMILES string of the molecule is Cc1nn(C(F)F)c(C)c1S(=O)(=O)C1(c2cc(N3CCOC[C@@H]3C)nc(-c3ccc(N)cc3)n2)CC1. The number of benzene rings is 1. The van der Waals surface area contributed by atoms with Crippen LogP contribution in [-0.2, 0) is 19.3 Å². The number of aromatic nitrogens is 4. The van der Waals surface area contributed by atoms with Crippen molar-refractivity contribution in [2.45, 2.75) is 55.8 Å². The van der Waals surface area contributed by atoms with Crippen LogP contribution in [0.2, 0.25) is 0 Å². The Morgan fingerprint density at radius 3 is 2.44 bits per heavy atom. The lowest BCUT2D eigenvalue weighted by Crippen LogP contribution is -2.44. The summed E-state index contributed by atoms with van der Waals surface area (Å²) in [5, 5.41) is 3.81. The van der Waals surface area contributed by atoms with E-state index in [1.54, 1.807) is 30.3 Å². The van der Waals surface area contributed by atoms with Crippen LogP contribution >= 0.6 is 0 Å². The summed E-state index contributed by atoms with van der Waals surface area (Å²) in [5.74, 6) is 0.972. The molecule has 2 fully saturated rings. The minimum absolute atomic E-state index is 0.0290. The van der Waals surface area contributed by atoms with Gasteiger partial charge in [0.2, 0.25) is 0 Å². The molecule has 2 aromatic heterocycles. The highest BCUT2D eigenvalue weighted by molar-refractivity contribution is 7.92. The van der Waals surface area contributed by atoms with Crippen LogP contribution in [0.4, 0.5) is 20.3 Å². The highest BCUT2D eigenvalue weighted by atomic mass is 32.2. The number of rotatable bonds is 6. The first-order valence-electron chi connectivity index (χ1n) is 11.7. The van der Waals surface area contributed by atoms with Crippen molar-refractivity contribution in [2.24, 2.45) is 0 Å². The Labute approximate surface area is 208 Å². The lowest BCUT2D eigenvalue weighted by molar-refractivity contribution is 0.0538. The molecule has 0 unspecified atom stereocenters. The molecule has 1 saturated heterocycles. The van der Waals surface area contributed by atoms with E-state index in [-0.39, 0.29) is 22.3 Å². The summed E-state index contributed by atoms with van der Waals surface area (Å²) in [6.07, 6.45) is 0.648. The molecule has 0 bridgehead atoms. The lowest BCUT2D eigenvalue weighted by Gasteiger charge is -2.34. The van der Waals surface area contributed by atoms with Crippen molar-refractivity contribution in [3.05, 3.63) is 47.4 Å². The Balaban J connectivity index is 1.67. The number of ether oxygens (including phenoxy) is 1. The van der Waals surface area contributed by atoms with Gasteiger partial charge in [-0.05, 0) is 57.9 Å². The van der Waals surface area contributed by atoms with Gasteiger partial charge >= 0.3 is 6.55 Å². The molecule has 12 heteroatoms. The minimum atomic E-state index is -4.09. The summed E-state index contributed by atoms with van der Waals surface area (Å²) in [6.45, 7) is 3.51. The van der Waals surface area contributed by atoms with Crippen LogP contribution in [0.25, 0.3) is 11.4 Å². The molecule has 1 saturated carbocycles. The number of hydrogen-bond acceptors (Lipinski definition) is 8. The Hall–Kier alpha value is -3.12. The Morgan fingerprint density at radius 2 is 1.86 bits per heavy atom. The molecule has 1 aliphatic heterocycles. The standard InChI is InChI=1S/C24H28F2N6O3S/c1-14-13-35-11-10-31(14)20-12-19(28-22(29-20)17-4-6-18(27)7-5-17)24(8-9-24)36(33,34)21-15(2)30-32(16(21)3)23(25)26/h4-7,12,14,23H,8-11,13,27H2,1-3H3/t14-/m0/s1. The summed E-state index contributed by atoms with van der Waals surface area (Å²) in [5.41, 5.74) is 7.44. The number of aryl methyl sites for hydroxylation is 1. The number of nitrogens with zero attached hydrogens (tertiary/aromatic N) is 5. The molecule has 1 atom stereocenters. The third kappa shape index (κ3) is 3.92. The molecule has 5 rings (SSSR count). The second kappa shape index (κ2) is 8.77. The van der Waals surface area contributed by atoms with Gasteiger partial charge in [0.15, 0.2) is 15.7 Å². The van der Waals surface area contributed by atoms with E-state index in [4.69, 9.17) is 20.4 Å². The summed E-state index contributed by atoms with van der Waals surface area (Å²) >= 11 is 0. The van der Waals surface area contributed by atoms with Gasteiger partial charge in [-0.3, -0.25) is 0 Å². The first kappa shape index (κ1) is 24.6. The zero-order valence-corrected chi connectivity index (χ0v) is 21.1. The molecular weight excluding hydrogens is 490 g/mol. The van der Waals surface area contributed by atoms with E-state index in [9.17, 15) is 17.2 Å². The number of halogens is 2. The fourth-order valence-corrected chi connectivity index (χ4v) is 7.16. The van der Waals surface area contributed by atoms with Crippen molar-refractivity contribution in [3.63, 3.8) is 0 Å². The summed E-state index contributed by atoms with van der Waals surface area (Å²) in [6, 6.07) is 8.79. The van der Waals surface area contributed by atoms with Crippen molar-refractivity contribution in [2.75, 3.05) is 30.4 Å². The Morgan fingerprint density at radius 1 is 1.17 bits per heavy atom. The van der Waals surface area contributed by atoms with Gasteiger partial charge in [0.1, 0.15) is 15.5 Å². The monoisotopic (exact) mass is 518 g/mol. The number of anilines is 2. The Bertz CT molecular complexity index is 1400. The van der Waals surface area contributed by atoms with Gasteiger partial charge in [-0.25, -0.2) is 23.1 Å². The molecule has 0 radical (unpaired) electrons. The molecule has 9 nitrogen and oxygen atoms in total. The van der Waals surface area contributed by atoms with Gasteiger partial charge in [0.05, 0.1) is 36.3 Å². The summed E-state index contributed by atoms with van der Waals surface area (Å²) in [4.78, 5) is 11.4. The maximum absolute atomic E-state index is 14.0. The number of nitrogen functional groups attached to an aromatic ring is 1. The fraction of sp³-hybridized carbons (Fsp3) is 0.458. The van der Waals surface area contributed by atoms with Gasteiger partial charge in [-0.15, -0.1) is 0 Å². The van der Waals surface area contributed by atoms with Crippen LogP contribution < -0.4 is 10.6 Å². The number of nitrogens with two attached hydrogens (primary N) is 1. The number of sulfone groups is 1. The molecule has 192 valence electrons. The van der Waals surface area contributed by atoms with Crippen LogP contribution in [0.5, 0.6) is 0 Å². The molecule has 3 aromatic rings. The quantitative estimate of drug-likeness (QED) is 0.492. The highest BCUT2D eigenvalue weighted by Gasteiger charge is 2.59. The summed E-state index contributed by atoms with van der Waals surface area (Å²) < 4.78 is 59.7. The van der Waals surface area contributed by atoms with Crippen molar-refractivity contribution in [1.29, 1.82) is 0 Å². The van der Waals surface area contributed by atoms with Gasteiger partial charge in [-0.2, -0.15) is 13.9 Å². The third-order valence-corrected chi connectivity index (χ3v) is 9.72. The average molecular weight is 519 g/mol. The first-order chi connectivity index (χ1) is 17.0. The van der Waals surface area contributed by atoms with Crippen LogP contribution in [0.15, 0.2) is 35.2 Å². The molecule has 3 heterocycles. The normalized spacial score (nSPS) is 19.6. The topological polar surface area (TPSA) is 116 Å². The largest absolute Gasteiger partial charge is 0.399 e. The lowest BCUT2D eigenvalue weighted by atomic mass is 10.1. The van der Waals surface area contributed by atoms with E-state index in [2.05, 4.69) is 10.00 Å². The van der Waals surface area contributed by atoms with Gasteiger partial charge in [0.25, 0.3) is 0 Å². The Kier molecular flexibility index (Phi) is 5.98. The number of alkyl halides is 2. The van der Waals surface area contributed by atoms with E-state index >= 15 is 0 Å². The van der Waals surface area contributed by atoms with E-state index in [1.807, 2.05) is 6.92 Å². The molecule has 1 aromatic carbocycles. The molecular formula is C24H28F2N6O3S. The zero-order valence-electron chi connectivity index (χ0n) is 20.3. The number of hydrogen-bond donors (Lipinski definition) is 1. The van der Waals surface area contributed by atoms with Gasteiger partial charge < -0.3 is 15.4 Å². The van der Waals surface area contributed by atoms with Gasteiger partial charge in [0, 0.05) is 23.9 Å². The second-order valence-corrected chi connectivity index (χ2v) is 11.6. The summed E-state index contributed by atoms with van der Waals surface area (Å²) in [7, 11) is -4.09. The molecule has 2 N–H and O–H groups in total. The van der Waals surface area contributed by atoms with Crippen molar-refractivity contribution < 1.29 is 21.9 Å². The highest BCUT2D eigenvalue weighted by Crippen LogP contribution is 2.56. The zero-order chi connectivity index (χ0) is 25.8. The van der Waals surface area contributed by atoms with Gasteiger partial charge in [-0.1, -0.05) is 0 Å². The molecule has 1 aliphatic carbocycles. The van der Waals surface area contributed by atoms with Crippen LogP contribution in [-0.4, -0.2) is 54.0 Å². The third-order valence-electron chi connectivity index (χ3n) is 6.94. The van der Waals surface area contributed by atoms with E-state index < -0.39 is 21.1 Å². The van der Waals surface area contributed by atoms with Crippen molar-refractivity contribution in [1.82, 2.24) is 19.7 Å². The molecule has 0 spiro atoms. The fourth-order valence-electron chi connectivity index (χ4n) is 4.84. The van der Waals surface area contributed by atoms with Crippen molar-refractivity contribution >= 4 is 21.3 Å². The van der Waals surface area contributed by atoms with E-state index in [0.717, 1.165) is 0 Å². The van der Waals surface area contributed by atoms with Crippen LogP contribution in [0.3, 0.4) is 0 Å². The maximum atomic E-state index is 14.0. The number of morpholine rings is 1. The molecule has 36 heavy (non-hydrogen) atoms. The smallest absolute Gasteiger partial charge is 0.333 e. The van der Waals surface area contributed by atoms with E-state index in [0.29, 0.717) is 65.9 Å². The maximum Gasteiger partial charge on any atom is 0.333 e.